The maximum absolute atomic E-state index is 12.9. The van der Waals surface area contributed by atoms with Crippen molar-refractivity contribution in [2.24, 2.45) is 17.8 Å². The molecule has 0 saturated carbocycles. The lowest BCUT2D eigenvalue weighted by Gasteiger charge is -2.33. The van der Waals surface area contributed by atoms with E-state index in [-0.39, 0.29) is 12.1 Å². The standard InChI is InChI=1S/C20H30N4O/c1-14(2)19(17-7-3-5-9-21-17)22-20(25)24-12-15-11-23-10-6-4-8-18(23)16(15)13-24/h3,5,7,9,14-16,18-19H,4,6,8,10-13H2,1-2H3,(H,22,25)/t15-,16-,18-,19-/m0/s1. The fourth-order valence-electron chi connectivity index (χ4n) is 5.09. The topological polar surface area (TPSA) is 48.5 Å². The number of fused-ring (bicyclic) bond motifs is 3. The zero-order valence-corrected chi connectivity index (χ0v) is 15.4. The Morgan fingerprint density at radius 1 is 1.24 bits per heavy atom. The first-order chi connectivity index (χ1) is 12.1. The van der Waals surface area contributed by atoms with Crippen molar-refractivity contribution in [1.29, 1.82) is 0 Å². The third-order valence-corrected chi connectivity index (χ3v) is 6.36. The molecule has 1 N–H and O–H groups in total. The summed E-state index contributed by atoms with van der Waals surface area (Å²) in [5, 5.41) is 3.25. The molecule has 3 aliphatic rings. The molecular formula is C20H30N4O. The number of nitrogens with zero attached hydrogens (tertiary/aromatic N) is 3. The van der Waals surface area contributed by atoms with Gasteiger partial charge < -0.3 is 10.2 Å². The molecule has 5 nitrogen and oxygen atoms in total. The lowest BCUT2D eigenvalue weighted by atomic mass is 9.90. The largest absolute Gasteiger partial charge is 0.329 e. The third-order valence-electron chi connectivity index (χ3n) is 6.36. The number of urea groups is 1. The molecule has 0 bridgehead atoms. The van der Waals surface area contributed by atoms with E-state index in [4.69, 9.17) is 0 Å². The van der Waals surface area contributed by atoms with Crippen LogP contribution in [0.2, 0.25) is 0 Å². The fourth-order valence-corrected chi connectivity index (χ4v) is 5.09. The van der Waals surface area contributed by atoms with Crippen LogP contribution in [0.5, 0.6) is 0 Å². The minimum atomic E-state index is -0.0275. The highest BCUT2D eigenvalue weighted by Gasteiger charge is 2.48. The molecule has 4 atom stereocenters. The van der Waals surface area contributed by atoms with E-state index in [1.54, 1.807) is 6.20 Å². The lowest BCUT2D eigenvalue weighted by molar-refractivity contribution is 0.152. The Kier molecular flexibility index (Phi) is 4.67. The van der Waals surface area contributed by atoms with Gasteiger partial charge in [0.2, 0.25) is 0 Å². The second kappa shape index (κ2) is 6.94. The summed E-state index contributed by atoms with van der Waals surface area (Å²) >= 11 is 0. The van der Waals surface area contributed by atoms with Gasteiger partial charge in [0, 0.05) is 31.9 Å². The van der Waals surface area contributed by atoms with E-state index < -0.39 is 0 Å². The Bertz CT molecular complexity index is 605. The summed E-state index contributed by atoms with van der Waals surface area (Å²) in [7, 11) is 0. The molecule has 0 aliphatic carbocycles. The van der Waals surface area contributed by atoms with Crippen LogP contribution in [0.15, 0.2) is 24.4 Å². The van der Waals surface area contributed by atoms with Gasteiger partial charge in [-0.05, 0) is 49.3 Å². The number of hydrogen-bond donors (Lipinski definition) is 1. The van der Waals surface area contributed by atoms with Crippen LogP contribution < -0.4 is 5.32 Å². The van der Waals surface area contributed by atoms with Gasteiger partial charge in [0.25, 0.3) is 0 Å². The first-order valence-electron chi connectivity index (χ1n) is 9.84. The van der Waals surface area contributed by atoms with Crippen LogP contribution in [0, 0.1) is 17.8 Å². The first kappa shape index (κ1) is 16.8. The van der Waals surface area contributed by atoms with Gasteiger partial charge in [0.1, 0.15) is 0 Å². The maximum atomic E-state index is 12.9. The number of piperidine rings is 1. The van der Waals surface area contributed by atoms with E-state index in [1.807, 2.05) is 18.2 Å². The van der Waals surface area contributed by atoms with Crippen molar-refractivity contribution in [1.82, 2.24) is 20.1 Å². The van der Waals surface area contributed by atoms with Crippen molar-refractivity contribution >= 4 is 6.03 Å². The number of rotatable bonds is 3. The summed E-state index contributed by atoms with van der Waals surface area (Å²) in [6.07, 6.45) is 5.82. The molecule has 0 spiro atoms. The highest BCUT2D eigenvalue weighted by molar-refractivity contribution is 5.75. The summed E-state index contributed by atoms with van der Waals surface area (Å²) in [5.74, 6) is 1.66. The van der Waals surface area contributed by atoms with Crippen LogP contribution in [0.4, 0.5) is 4.79 Å². The molecular weight excluding hydrogens is 312 g/mol. The highest BCUT2D eigenvalue weighted by Crippen LogP contribution is 2.40. The molecule has 3 fully saturated rings. The first-order valence-corrected chi connectivity index (χ1v) is 9.84. The van der Waals surface area contributed by atoms with Gasteiger partial charge >= 0.3 is 6.03 Å². The van der Waals surface area contributed by atoms with Crippen molar-refractivity contribution in [3.8, 4) is 0 Å². The van der Waals surface area contributed by atoms with Crippen LogP contribution in [0.3, 0.4) is 0 Å². The van der Waals surface area contributed by atoms with Gasteiger partial charge in [-0.25, -0.2) is 4.79 Å². The minimum absolute atomic E-state index is 0.0275. The average Bonchev–Trinajstić information content (AvgIpc) is 3.18. The molecule has 4 rings (SSSR count). The average molecular weight is 342 g/mol. The van der Waals surface area contributed by atoms with Gasteiger partial charge in [0.15, 0.2) is 0 Å². The van der Waals surface area contributed by atoms with Crippen LogP contribution in [0.25, 0.3) is 0 Å². The molecule has 0 aromatic carbocycles. The van der Waals surface area contributed by atoms with Crippen LogP contribution >= 0.6 is 0 Å². The van der Waals surface area contributed by atoms with Gasteiger partial charge in [-0.3, -0.25) is 9.88 Å². The number of carbonyl (C=O) groups excluding carboxylic acids is 1. The van der Waals surface area contributed by atoms with E-state index >= 15 is 0 Å². The molecule has 1 aromatic heterocycles. The Morgan fingerprint density at radius 2 is 2.12 bits per heavy atom. The Morgan fingerprint density at radius 3 is 2.88 bits per heavy atom. The molecule has 5 heteroatoms. The second-order valence-corrected chi connectivity index (χ2v) is 8.31. The van der Waals surface area contributed by atoms with Crippen molar-refractivity contribution in [2.45, 2.75) is 45.2 Å². The number of amides is 2. The Hall–Kier alpha value is -1.62. The minimum Gasteiger partial charge on any atom is -0.329 e. The molecule has 1 aromatic rings. The van der Waals surface area contributed by atoms with E-state index in [0.29, 0.717) is 23.8 Å². The highest BCUT2D eigenvalue weighted by atomic mass is 16.2. The SMILES string of the molecule is CC(C)[C@H](NC(=O)N1C[C@@H]2CN3CCCC[C@H]3[C@H]2C1)c1ccccn1. The molecule has 3 aliphatic heterocycles. The number of hydrogen-bond acceptors (Lipinski definition) is 3. The summed E-state index contributed by atoms with van der Waals surface area (Å²) < 4.78 is 0. The molecule has 136 valence electrons. The number of aromatic nitrogens is 1. The molecule has 0 unspecified atom stereocenters. The van der Waals surface area contributed by atoms with Crippen molar-refractivity contribution < 1.29 is 4.79 Å². The second-order valence-electron chi connectivity index (χ2n) is 8.31. The van der Waals surface area contributed by atoms with Crippen molar-refractivity contribution in [3.63, 3.8) is 0 Å². The van der Waals surface area contributed by atoms with Crippen molar-refractivity contribution in [3.05, 3.63) is 30.1 Å². The van der Waals surface area contributed by atoms with E-state index in [1.165, 1.54) is 32.4 Å². The van der Waals surface area contributed by atoms with Gasteiger partial charge in [-0.2, -0.15) is 0 Å². The molecule has 2 amide bonds. The predicted molar refractivity (Wildman–Crippen MR) is 98.1 cm³/mol. The molecule has 3 saturated heterocycles. The van der Waals surface area contributed by atoms with Gasteiger partial charge in [-0.15, -0.1) is 0 Å². The molecule has 25 heavy (non-hydrogen) atoms. The predicted octanol–water partition coefficient (Wildman–Crippen LogP) is 2.90. The normalized spacial score (nSPS) is 30.2. The summed E-state index contributed by atoms with van der Waals surface area (Å²) in [6, 6.07) is 6.68. The van der Waals surface area contributed by atoms with E-state index in [9.17, 15) is 4.79 Å². The van der Waals surface area contributed by atoms with Crippen LogP contribution in [-0.4, -0.2) is 53.0 Å². The van der Waals surface area contributed by atoms with Crippen LogP contribution in [0.1, 0.15) is 44.8 Å². The maximum Gasteiger partial charge on any atom is 0.317 e. The van der Waals surface area contributed by atoms with Gasteiger partial charge in [0.05, 0.1) is 11.7 Å². The number of pyridine rings is 1. The molecule has 4 heterocycles. The Labute approximate surface area is 150 Å². The number of nitrogens with one attached hydrogen (secondary N) is 1. The third kappa shape index (κ3) is 3.26. The lowest BCUT2D eigenvalue weighted by Crippen LogP contribution is -2.45. The van der Waals surface area contributed by atoms with E-state index in [2.05, 4.69) is 33.9 Å². The van der Waals surface area contributed by atoms with Crippen molar-refractivity contribution in [2.75, 3.05) is 26.2 Å². The smallest absolute Gasteiger partial charge is 0.317 e. The molecule has 0 radical (unpaired) electrons. The number of likely N-dealkylation sites (tertiary alicyclic amines) is 1. The zero-order valence-electron chi connectivity index (χ0n) is 15.4. The van der Waals surface area contributed by atoms with Gasteiger partial charge in [-0.1, -0.05) is 26.3 Å². The fraction of sp³-hybridized carbons (Fsp3) is 0.700. The number of carbonyl (C=O) groups is 1. The Balaban J connectivity index is 1.40. The summed E-state index contributed by atoms with van der Waals surface area (Å²) in [4.78, 5) is 22.1. The van der Waals surface area contributed by atoms with Crippen LogP contribution in [-0.2, 0) is 0 Å². The monoisotopic (exact) mass is 342 g/mol. The van der Waals surface area contributed by atoms with E-state index in [0.717, 1.165) is 18.8 Å². The zero-order chi connectivity index (χ0) is 17.4. The quantitative estimate of drug-likeness (QED) is 0.919. The summed E-state index contributed by atoms with van der Waals surface area (Å²) in [5.41, 5.74) is 0.948. The summed E-state index contributed by atoms with van der Waals surface area (Å²) in [6.45, 7) is 8.56.